The molecule has 1 amide bonds. The number of hydrogen-bond acceptors (Lipinski definition) is 2. The van der Waals surface area contributed by atoms with Crippen LogP contribution in [0.15, 0.2) is 18.2 Å². The van der Waals surface area contributed by atoms with Gasteiger partial charge in [0.1, 0.15) is 0 Å². The van der Waals surface area contributed by atoms with E-state index in [0.717, 1.165) is 31.0 Å². The second kappa shape index (κ2) is 5.14. The Bertz CT molecular complexity index is 499. The van der Waals surface area contributed by atoms with E-state index < -0.39 is 0 Å². The van der Waals surface area contributed by atoms with Crippen molar-refractivity contribution >= 4 is 17.5 Å². The van der Waals surface area contributed by atoms with Crippen molar-refractivity contribution in [3.8, 4) is 0 Å². The summed E-state index contributed by atoms with van der Waals surface area (Å²) < 4.78 is 0. The highest BCUT2D eigenvalue weighted by atomic mass is 35.5. The largest absolute Gasteiger partial charge is 0.349 e. The minimum Gasteiger partial charge on any atom is -0.349 e. The summed E-state index contributed by atoms with van der Waals surface area (Å²) in [6.45, 7) is 3.94. The first-order valence-corrected chi connectivity index (χ1v) is 7.33. The highest BCUT2D eigenvalue weighted by Crippen LogP contribution is 2.35. The fraction of sp³-hybridized carbons (Fsp3) is 0.533. The van der Waals surface area contributed by atoms with Crippen LogP contribution in [-0.2, 0) is 11.2 Å². The van der Waals surface area contributed by atoms with Gasteiger partial charge in [-0.05, 0) is 49.0 Å². The van der Waals surface area contributed by atoms with Crippen LogP contribution in [0.2, 0.25) is 5.02 Å². The monoisotopic (exact) mass is 278 g/mol. The Kier molecular flexibility index (Phi) is 3.50. The highest BCUT2D eigenvalue weighted by Gasteiger charge is 2.32. The summed E-state index contributed by atoms with van der Waals surface area (Å²) in [5, 5.41) is 7.23. The van der Waals surface area contributed by atoms with Gasteiger partial charge in [0.05, 0.1) is 6.04 Å². The molecule has 1 fully saturated rings. The summed E-state index contributed by atoms with van der Waals surface area (Å²) in [6, 6.07) is 6.10. The van der Waals surface area contributed by atoms with E-state index >= 15 is 0 Å². The van der Waals surface area contributed by atoms with Crippen LogP contribution in [0.1, 0.15) is 30.5 Å². The lowest BCUT2D eigenvalue weighted by molar-refractivity contribution is -0.127. The maximum absolute atomic E-state index is 12.3. The second-order valence-corrected chi connectivity index (χ2v) is 6.02. The number of benzene rings is 1. The standard InChI is InChI=1S/C15H19ClN2O/c1-9(10-7-17-8-10)15(19)18-14-6-5-11-12(14)3-2-4-13(11)16/h2-4,9-10,14,17H,5-8H2,1H3,(H,18,19). The van der Waals surface area contributed by atoms with E-state index in [9.17, 15) is 4.79 Å². The van der Waals surface area contributed by atoms with Gasteiger partial charge in [0, 0.05) is 10.9 Å². The summed E-state index contributed by atoms with van der Waals surface area (Å²) in [5.41, 5.74) is 2.40. The van der Waals surface area contributed by atoms with Crippen molar-refractivity contribution in [1.82, 2.24) is 10.6 Å². The predicted octanol–water partition coefficient (Wildman–Crippen LogP) is 2.30. The second-order valence-electron chi connectivity index (χ2n) is 5.61. The third-order valence-corrected chi connectivity index (χ3v) is 4.82. The Morgan fingerprint density at radius 2 is 2.26 bits per heavy atom. The summed E-state index contributed by atoms with van der Waals surface area (Å²) in [6.07, 6.45) is 1.92. The van der Waals surface area contributed by atoms with Gasteiger partial charge in [0.25, 0.3) is 0 Å². The van der Waals surface area contributed by atoms with Gasteiger partial charge in [-0.2, -0.15) is 0 Å². The fourth-order valence-electron chi connectivity index (χ4n) is 2.94. The van der Waals surface area contributed by atoms with Gasteiger partial charge in [0.2, 0.25) is 5.91 Å². The van der Waals surface area contributed by atoms with Crippen molar-refractivity contribution in [3.63, 3.8) is 0 Å². The van der Waals surface area contributed by atoms with Crippen LogP contribution in [0.4, 0.5) is 0 Å². The van der Waals surface area contributed by atoms with E-state index in [1.165, 1.54) is 11.1 Å². The molecule has 1 aromatic rings. The van der Waals surface area contributed by atoms with Gasteiger partial charge in [-0.25, -0.2) is 0 Å². The topological polar surface area (TPSA) is 41.1 Å². The number of fused-ring (bicyclic) bond motifs is 1. The van der Waals surface area contributed by atoms with Gasteiger partial charge in [-0.3, -0.25) is 4.79 Å². The average molecular weight is 279 g/mol. The van der Waals surface area contributed by atoms with E-state index in [0.29, 0.717) is 5.92 Å². The average Bonchev–Trinajstić information content (AvgIpc) is 2.72. The van der Waals surface area contributed by atoms with Crippen molar-refractivity contribution in [1.29, 1.82) is 0 Å². The van der Waals surface area contributed by atoms with Gasteiger partial charge in [-0.1, -0.05) is 30.7 Å². The Labute approximate surface area is 118 Å². The molecule has 1 saturated heterocycles. The molecule has 2 atom stereocenters. The van der Waals surface area contributed by atoms with Crippen molar-refractivity contribution in [2.24, 2.45) is 11.8 Å². The molecule has 2 N–H and O–H groups in total. The SMILES string of the molecule is CC(C(=O)NC1CCc2c(Cl)cccc21)C1CNC1. The van der Waals surface area contributed by atoms with Gasteiger partial charge >= 0.3 is 0 Å². The molecule has 2 aliphatic rings. The molecular weight excluding hydrogens is 260 g/mol. The van der Waals surface area contributed by atoms with E-state index in [2.05, 4.69) is 16.7 Å². The molecule has 1 heterocycles. The normalized spacial score (nSPS) is 23.6. The summed E-state index contributed by atoms with van der Waals surface area (Å²) in [5.74, 6) is 0.744. The number of amides is 1. The number of halogens is 1. The lowest BCUT2D eigenvalue weighted by Crippen LogP contribution is -2.49. The molecule has 0 spiro atoms. The van der Waals surface area contributed by atoms with Gasteiger partial charge in [0.15, 0.2) is 0 Å². The molecule has 4 heteroatoms. The number of hydrogen-bond donors (Lipinski definition) is 2. The molecule has 1 aromatic carbocycles. The van der Waals surface area contributed by atoms with Crippen LogP contribution in [0, 0.1) is 11.8 Å². The van der Waals surface area contributed by atoms with Crippen LogP contribution in [0.25, 0.3) is 0 Å². The Balaban J connectivity index is 1.69. The summed E-state index contributed by atoms with van der Waals surface area (Å²) >= 11 is 6.20. The molecule has 0 saturated carbocycles. The predicted molar refractivity (Wildman–Crippen MR) is 76.2 cm³/mol. The first-order chi connectivity index (χ1) is 9.16. The van der Waals surface area contributed by atoms with Crippen molar-refractivity contribution in [2.75, 3.05) is 13.1 Å². The molecule has 3 rings (SSSR count). The first-order valence-electron chi connectivity index (χ1n) is 6.95. The smallest absolute Gasteiger partial charge is 0.223 e. The molecule has 0 radical (unpaired) electrons. The number of nitrogens with one attached hydrogen (secondary N) is 2. The number of carbonyl (C=O) groups is 1. The Morgan fingerprint density at radius 3 is 2.95 bits per heavy atom. The minimum absolute atomic E-state index is 0.0875. The molecular formula is C15H19ClN2O. The van der Waals surface area contributed by atoms with Crippen molar-refractivity contribution < 1.29 is 4.79 Å². The van der Waals surface area contributed by atoms with E-state index in [1.54, 1.807) is 0 Å². The molecule has 0 aromatic heterocycles. The van der Waals surface area contributed by atoms with Crippen molar-refractivity contribution in [2.45, 2.75) is 25.8 Å². The maximum atomic E-state index is 12.3. The third-order valence-electron chi connectivity index (χ3n) is 4.46. The Morgan fingerprint density at radius 1 is 1.47 bits per heavy atom. The molecule has 3 nitrogen and oxygen atoms in total. The molecule has 102 valence electrons. The quantitative estimate of drug-likeness (QED) is 0.891. The van der Waals surface area contributed by atoms with E-state index in [4.69, 9.17) is 11.6 Å². The molecule has 1 aliphatic carbocycles. The molecule has 2 unspecified atom stereocenters. The van der Waals surface area contributed by atoms with Crippen LogP contribution < -0.4 is 10.6 Å². The zero-order chi connectivity index (χ0) is 13.4. The van der Waals surface area contributed by atoms with Gasteiger partial charge in [-0.15, -0.1) is 0 Å². The van der Waals surface area contributed by atoms with Crippen LogP contribution in [-0.4, -0.2) is 19.0 Å². The highest BCUT2D eigenvalue weighted by molar-refractivity contribution is 6.31. The zero-order valence-corrected chi connectivity index (χ0v) is 11.8. The van der Waals surface area contributed by atoms with E-state index in [-0.39, 0.29) is 17.9 Å². The van der Waals surface area contributed by atoms with Crippen LogP contribution >= 0.6 is 11.6 Å². The molecule has 19 heavy (non-hydrogen) atoms. The van der Waals surface area contributed by atoms with Crippen molar-refractivity contribution in [3.05, 3.63) is 34.3 Å². The van der Waals surface area contributed by atoms with Crippen LogP contribution in [0.3, 0.4) is 0 Å². The number of rotatable bonds is 3. The third kappa shape index (κ3) is 2.37. The molecule has 0 bridgehead atoms. The summed E-state index contributed by atoms with van der Waals surface area (Å²) in [4.78, 5) is 12.3. The lowest BCUT2D eigenvalue weighted by atomic mass is 9.88. The van der Waals surface area contributed by atoms with Crippen LogP contribution in [0.5, 0.6) is 0 Å². The minimum atomic E-state index is 0.0875. The lowest BCUT2D eigenvalue weighted by Gasteiger charge is -2.32. The van der Waals surface area contributed by atoms with Gasteiger partial charge < -0.3 is 10.6 Å². The zero-order valence-electron chi connectivity index (χ0n) is 11.1. The first kappa shape index (κ1) is 12.9. The summed E-state index contributed by atoms with van der Waals surface area (Å²) in [7, 11) is 0. The van der Waals surface area contributed by atoms with E-state index in [1.807, 2.05) is 19.1 Å². The number of carbonyl (C=O) groups excluding carboxylic acids is 1. The molecule has 1 aliphatic heterocycles. The Hall–Kier alpha value is -1.06. The fourth-order valence-corrected chi connectivity index (χ4v) is 3.22. The maximum Gasteiger partial charge on any atom is 0.223 e.